The van der Waals surface area contributed by atoms with E-state index in [4.69, 9.17) is 9.26 Å². The molecule has 0 radical (unpaired) electrons. The number of aromatic nitrogens is 2. The first-order valence-corrected chi connectivity index (χ1v) is 9.65. The quantitative estimate of drug-likeness (QED) is 0.909. The normalized spacial score (nSPS) is 28.7. The Kier molecular flexibility index (Phi) is 3.98. The second-order valence-corrected chi connectivity index (χ2v) is 8.10. The number of aliphatic hydroxyl groups excluding tert-OH is 1. The first kappa shape index (κ1) is 16.3. The highest BCUT2D eigenvalue weighted by atomic mass is 16.5. The lowest BCUT2D eigenvalue weighted by Crippen LogP contribution is -2.42. The van der Waals surface area contributed by atoms with Gasteiger partial charge in [0.15, 0.2) is 5.82 Å². The summed E-state index contributed by atoms with van der Waals surface area (Å²) in [6.45, 7) is 3.02. The Morgan fingerprint density at radius 3 is 2.92 bits per heavy atom. The molecule has 3 heterocycles. The molecular formula is C20H25N3O3. The first-order chi connectivity index (χ1) is 12.8. The topological polar surface area (TPSA) is 71.6 Å². The zero-order chi connectivity index (χ0) is 17.6. The molecule has 6 heteroatoms. The molecule has 5 rings (SSSR count). The molecule has 1 aromatic heterocycles. The average molecular weight is 355 g/mol. The van der Waals surface area contributed by atoms with E-state index >= 15 is 0 Å². The zero-order valence-corrected chi connectivity index (χ0v) is 14.9. The van der Waals surface area contributed by atoms with Crippen molar-refractivity contribution in [1.29, 1.82) is 0 Å². The summed E-state index contributed by atoms with van der Waals surface area (Å²) in [5, 5.41) is 14.4. The van der Waals surface area contributed by atoms with Crippen molar-refractivity contribution in [3.63, 3.8) is 0 Å². The lowest BCUT2D eigenvalue weighted by Gasteiger charge is -2.38. The van der Waals surface area contributed by atoms with Crippen LogP contribution in [0.15, 0.2) is 28.8 Å². The monoisotopic (exact) mass is 355 g/mol. The van der Waals surface area contributed by atoms with E-state index in [1.807, 2.05) is 18.2 Å². The fourth-order valence-electron chi connectivity index (χ4n) is 4.96. The highest BCUT2D eigenvalue weighted by Crippen LogP contribution is 2.49. The summed E-state index contributed by atoms with van der Waals surface area (Å²) in [6, 6.07) is 8.19. The van der Waals surface area contributed by atoms with Gasteiger partial charge in [-0.1, -0.05) is 36.2 Å². The molecule has 2 aromatic rings. The van der Waals surface area contributed by atoms with E-state index in [0.29, 0.717) is 19.1 Å². The molecule has 26 heavy (non-hydrogen) atoms. The zero-order valence-electron chi connectivity index (χ0n) is 14.9. The molecule has 2 atom stereocenters. The number of likely N-dealkylation sites (tertiary alicyclic amines) is 1. The van der Waals surface area contributed by atoms with Crippen LogP contribution in [0.3, 0.4) is 0 Å². The number of benzene rings is 1. The van der Waals surface area contributed by atoms with Gasteiger partial charge in [-0.15, -0.1) is 0 Å². The molecular weight excluding hydrogens is 330 g/mol. The molecule has 2 fully saturated rings. The van der Waals surface area contributed by atoms with Gasteiger partial charge in [0, 0.05) is 30.3 Å². The number of hydrogen-bond acceptors (Lipinski definition) is 6. The van der Waals surface area contributed by atoms with E-state index < -0.39 is 0 Å². The third-order valence-corrected chi connectivity index (χ3v) is 6.40. The van der Waals surface area contributed by atoms with Gasteiger partial charge in [-0.05, 0) is 24.5 Å². The molecule has 138 valence electrons. The number of rotatable bonds is 4. The predicted molar refractivity (Wildman–Crippen MR) is 95.0 cm³/mol. The van der Waals surface area contributed by atoms with Crippen LogP contribution in [0.4, 0.5) is 0 Å². The van der Waals surface area contributed by atoms with Gasteiger partial charge in [0.2, 0.25) is 5.89 Å². The molecule has 0 amide bonds. The minimum Gasteiger partial charge on any atom is -0.493 e. The Morgan fingerprint density at radius 2 is 2.08 bits per heavy atom. The molecule has 0 unspecified atom stereocenters. The molecule has 1 aliphatic carbocycles. The molecule has 1 saturated heterocycles. The maximum absolute atomic E-state index is 10.2. The minimum atomic E-state index is -0.244. The van der Waals surface area contributed by atoms with Crippen LogP contribution in [0.5, 0.6) is 5.75 Å². The third kappa shape index (κ3) is 2.63. The first-order valence-electron chi connectivity index (χ1n) is 9.65. The van der Waals surface area contributed by atoms with Crippen LogP contribution in [0.25, 0.3) is 0 Å². The third-order valence-electron chi connectivity index (χ3n) is 6.40. The summed E-state index contributed by atoms with van der Waals surface area (Å²) in [5.74, 6) is 3.24. The van der Waals surface area contributed by atoms with Gasteiger partial charge in [0.25, 0.3) is 0 Å². The van der Waals surface area contributed by atoms with Crippen LogP contribution in [-0.4, -0.2) is 46.5 Å². The largest absolute Gasteiger partial charge is 0.493 e. The Labute approximate surface area is 153 Å². The number of ether oxygens (including phenoxy) is 1. The van der Waals surface area contributed by atoms with Gasteiger partial charge in [-0.3, -0.25) is 4.90 Å². The summed E-state index contributed by atoms with van der Waals surface area (Å²) in [6.07, 6.45) is 4.84. The smallest absolute Gasteiger partial charge is 0.229 e. The Hall–Kier alpha value is -1.92. The molecule has 6 nitrogen and oxygen atoms in total. The van der Waals surface area contributed by atoms with Gasteiger partial charge in [-0.2, -0.15) is 4.98 Å². The van der Waals surface area contributed by atoms with Gasteiger partial charge in [0.1, 0.15) is 5.75 Å². The van der Waals surface area contributed by atoms with Crippen molar-refractivity contribution >= 4 is 0 Å². The number of para-hydroxylation sites is 1. The van der Waals surface area contributed by atoms with Crippen molar-refractivity contribution in [1.82, 2.24) is 15.0 Å². The van der Waals surface area contributed by atoms with E-state index in [1.54, 1.807) is 0 Å². The fraction of sp³-hybridized carbons (Fsp3) is 0.600. The molecule has 1 saturated carbocycles. The Balaban J connectivity index is 1.34. The molecule has 0 bridgehead atoms. The highest BCUT2D eigenvalue weighted by Gasteiger charge is 2.50. The molecule has 0 spiro atoms. The summed E-state index contributed by atoms with van der Waals surface area (Å²) in [5.41, 5.74) is 0.960. The van der Waals surface area contributed by atoms with Crippen LogP contribution in [-0.2, 0) is 6.54 Å². The van der Waals surface area contributed by atoms with Crippen LogP contribution >= 0.6 is 0 Å². The lowest BCUT2D eigenvalue weighted by atomic mass is 9.74. The van der Waals surface area contributed by atoms with Gasteiger partial charge in [-0.25, -0.2) is 0 Å². The van der Waals surface area contributed by atoms with Crippen molar-refractivity contribution in [2.45, 2.75) is 44.1 Å². The molecule has 2 aliphatic heterocycles. The summed E-state index contributed by atoms with van der Waals surface area (Å²) in [7, 11) is 0. The predicted octanol–water partition coefficient (Wildman–Crippen LogP) is 2.70. The van der Waals surface area contributed by atoms with Crippen molar-refractivity contribution in [2.24, 2.45) is 5.41 Å². The lowest BCUT2D eigenvalue weighted by molar-refractivity contribution is 0.0455. The van der Waals surface area contributed by atoms with Crippen molar-refractivity contribution in [3.05, 3.63) is 41.5 Å². The van der Waals surface area contributed by atoms with E-state index in [9.17, 15) is 5.11 Å². The van der Waals surface area contributed by atoms with Crippen molar-refractivity contribution in [3.8, 4) is 5.75 Å². The van der Waals surface area contributed by atoms with E-state index in [0.717, 1.165) is 43.4 Å². The highest BCUT2D eigenvalue weighted by molar-refractivity contribution is 5.41. The number of aliphatic hydroxyl groups is 1. The van der Waals surface area contributed by atoms with Crippen LogP contribution in [0, 0.1) is 5.41 Å². The second kappa shape index (κ2) is 6.35. The summed E-state index contributed by atoms with van der Waals surface area (Å²) < 4.78 is 11.5. The standard InChI is InChI=1S/C20H25N3O3/c24-12-20-11-23(9-16(20)15-7-3-4-8-17(15)25-13-20)10-18-21-19(26-22-18)14-5-1-2-6-14/h3-4,7-8,14,16,24H,1-2,5-6,9-13H2/t16-,20-/m0/s1. The Morgan fingerprint density at radius 1 is 1.23 bits per heavy atom. The van der Waals surface area contributed by atoms with Gasteiger partial charge in [0.05, 0.1) is 19.8 Å². The SMILES string of the molecule is OC[C@@]12COc3ccccc3[C@@H]1CN(Cc1noc(C3CCCC3)n1)C2. The van der Waals surface area contributed by atoms with E-state index in [2.05, 4.69) is 21.1 Å². The molecule has 1 aromatic carbocycles. The number of nitrogens with zero attached hydrogens (tertiary/aromatic N) is 3. The summed E-state index contributed by atoms with van der Waals surface area (Å²) >= 11 is 0. The summed E-state index contributed by atoms with van der Waals surface area (Å²) in [4.78, 5) is 6.98. The minimum absolute atomic E-state index is 0.127. The van der Waals surface area contributed by atoms with E-state index in [1.165, 1.54) is 18.4 Å². The molecule has 1 N–H and O–H groups in total. The fourth-order valence-corrected chi connectivity index (χ4v) is 4.96. The number of fused-ring (bicyclic) bond motifs is 3. The van der Waals surface area contributed by atoms with E-state index in [-0.39, 0.29) is 17.9 Å². The van der Waals surface area contributed by atoms with Crippen LogP contribution in [0.1, 0.15) is 54.8 Å². The second-order valence-electron chi connectivity index (χ2n) is 8.10. The van der Waals surface area contributed by atoms with Crippen LogP contribution < -0.4 is 4.74 Å². The van der Waals surface area contributed by atoms with Gasteiger partial charge >= 0.3 is 0 Å². The average Bonchev–Trinajstić information content (AvgIpc) is 3.41. The van der Waals surface area contributed by atoms with Crippen molar-refractivity contribution in [2.75, 3.05) is 26.3 Å². The Bertz CT molecular complexity index is 786. The maximum atomic E-state index is 10.2. The van der Waals surface area contributed by atoms with Gasteiger partial charge < -0.3 is 14.4 Å². The van der Waals surface area contributed by atoms with Crippen LogP contribution in [0.2, 0.25) is 0 Å². The van der Waals surface area contributed by atoms with Crippen molar-refractivity contribution < 1.29 is 14.4 Å². The number of hydrogen-bond donors (Lipinski definition) is 1. The maximum Gasteiger partial charge on any atom is 0.229 e. The molecule has 3 aliphatic rings.